The van der Waals surface area contributed by atoms with Gasteiger partial charge < -0.3 is 24.9 Å². The number of benzene rings is 1. The van der Waals surface area contributed by atoms with Crippen LogP contribution in [-0.4, -0.2) is 67.6 Å². The molecule has 4 fully saturated rings. The van der Waals surface area contributed by atoms with Gasteiger partial charge in [-0.1, -0.05) is 43.6 Å². The molecule has 7 heteroatoms. The van der Waals surface area contributed by atoms with Crippen LogP contribution in [0.1, 0.15) is 97.5 Å². The third kappa shape index (κ3) is 5.86. The summed E-state index contributed by atoms with van der Waals surface area (Å²) in [5, 5.41) is 18.4. The second-order valence-electron chi connectivity index (χ2n) is 15.9. The Balaban J connectivity index is 1.04. The fourth-order valence-corrected chi connectivity index (χ4v) is 10.8. The summed E-state index contributed by atoms with van der Waals surface area (Å²) < 4.78 is 5.42. The number of rotatable bonds is 8. The number of piperidine rings is 1. The van der Waals surface area contributed by atoms with Gasteiger partial charge in [-0.05, 0) is 136 Å². The van der Waals surface area contributed by atoms with Crippen molar-refractivity contribution in [3.8, 4) is 5.75 Å². The highest BCUT2D eigenvalue weighted by molar-refractivity contribution is 5.96. The van der Waals surface area contributed by atoms with Gasteiger partial charge in [0, 0.05) is 24.5 Å². The normalized spacial score (nSPS) is 40.6. The zero-order valence-electron chi connectivity index (χ0n) is 28.6. The van der Waals surface area contributed by atoms with E-state index in [-0.39, 0.29) is 34.9 Å². The number of hydrogen-bond acceptors (Lipinski definition) is 6. The van der Waals surface area contributed by atoms with E-state index in [0.717, 1.165) is 68.9 Å². The van der Waals surface area contributed by atoms with Crippen molar-refractivity contribution >= 4 is 11.6 Å². The van der Waals surface area contributed by atoms with E-state index in [2.05, 4.69) is 80.5 Å². The van der Waals surface area contributed by atoms with Crippen molar-refractivity contribution in [2.45, 2.75) is 109 Å². The maximum atomic E-state index is 12.9. The number of amides is 1. The Kier molecular flexibility index (Phi) is 9.17. The number of methoxy groups -OCH3 is 1. The number of ether oxygens (including phenoxy) is 1. The van der Waals surface area contributed by atoms with Crippen LogP contribution in [0.5, 0.6) is 5.75 Å². The van der Waals surface area contributed by atoms with Crippen LogP contribution >= 0.6 is 0 Å². The number of allylic oxidation sites excluding steroid dienone is 2. The van der Waals surface area contributed by atoms with Crippen LogP contribution < -0.4 is 10.1 Å². The Morgan fingerprint density at radius 2 is 1.84 bits per heavy atom. The number of fused-ring (bicyclic) bond motifs is 5. The fourth-order valence-electron chi connectivity index (χ4n) is 10.8. The van der Waals surface area contributed by atoms with Crippen molar-refractivity contribution in [1.82, 2.24) is 10.2 Å². The summed E-state index contributed by atoms with van der Waals surface area (Å²) in [6, 6.07) is 8.98. The highest BCUT2D eigenvalue weighted by Crippen LogP contribution is 2.65. The zero-order valence-corrected chi connectivity index (χ0v) is 28.6. The predicted molar refractivity (Wildman–Crippen MR) is 179 cm³/mol. The van der Waals surface area contributed by atoms with E-state index < -0.39 is 0 Å². The SMILES string of the molecule is COc1ccc([C@]2(CCNC(=O)CO/N=C3\C=C4CC[C@@H]5[C@@H]6CC[C@H](O)[C@@]6(C)CC[C@@H]5[C@@]4(C)CC3)C[C@H](C)N(C)C[C@H]2C)cc1. The summed E-state index contributed by atoms with van der Waals surface area (Å²) in [5.74, 6) is 3.30. The average molecular weight is 620 g/mol. The molecule has 45 heavy (non-hydrogen) atoms. The number of aliphatic hydroxyl groups excluding tert-OH is 1. The number of nitrogens with zero attached hydrogens (tertiary/aromatic N) is 2. The van der Waals surface area contributed by atoms with E-state index >= 15 is 0 Å². The Morgan fingerprint density at radius 3 is 2.60 bits per heavy atom. The molecule has 0 unspecified atom stereocenters. The molecule has 0 spiro atoms. The van der Waals surface area contributed by atoms with E-state index in [0.29, 0.717) is 30.3 Å². The number of likely N-dealkylation sites (tertiary alicyclic amines) is 1. The minimum atomic E-state index is -0.122. The lowest BCUT2D eigenvalue weighted by Gasteiger charge is -2.57. The Bertz CT molecular complexity index is 1290. The molecule has 2 N–H and O–H groups in total. The van der Waals surface area contributed by atoms with Crippen molar-refractivity contribution in [2.75, 3.05) is 33.9 Å². The molecule has 7 nitrogen and oxygen atoms in total. The molecule has 4 aliphatic carbocycles. The molecule has 248 valence electrons. The van der Waals surface area contributed by atoms with E-state index in [1.165, 1.54) is 30.4 Å². The number of carbonyl (C=O) groups excluding carboxylic acids is 1. The van der Waals surface area contributed by atoms with Crippen molar-refractivity contribution in [1.29, 1.82) is 0 Å². The van der Waals surface area contributed by atoms with Crippen LogP contribution in [-0.2, 0) is 15.0 Å². The molecule has 5 aliphatic rings. The molecule has 1 saturated heterocycles. The van der Waals surface area contributed by atoms with Crippen LogP contribution in [0.25, 0.3) is 0 Å². The molecule has 6 rings (SSSR count). The second kappa shape index (κ2) is 12.7. The average Bonchev–Trinajstić information content (AvgIpc) is 3.33. The summed E-state index contributed by atoms with van der Waals surface area (Å²) in [5.41, 5.74) is 4.14. The molecular weight excluding hydrogens is 562 g/mol. The predicted octanol–water partition coefficient (Wildman–Crippen LogP) is 6.50. The van der Waals surface area contributed by atoms with Crippen LogP contribution in [0, 0.1) is 34.5 Å². The summed E-state index contributed by atoms with van der Waals surface area (Å²) >= 11 is 0. The molecular formula is C38H57N3O4. The zero-order chi connectivity index (χ0) is 32.0. The lowest BCUT2D eigenvalue weighted by molar-refractivity contribution is -0.125. The van der Waals surface area contributed by atoms with Gasteiger partial charge in [0.2, 0.25) is 0 Å². The number of aliphatic hydroxyl groups is 1. The largest absolute Gasteiger partial charge is 0.497 e. The summed E-state index contributed by atoms with van der Waals surface area (Å²) in [4.78, 5) is 21.0. The van der Waals surface area contributed by atoms with Gasteiger partial charge in [-0.3, -0.25) is 4.79 Å². The quantitative estimate of drug-likeness (QED) is 0.325. The summed E-state index contributed by atoms with van der Waals surface area (Å²) in [6.45, 7) is 11.1. The molecule has 3 saturated carbocycles. The van der Waals surface area contributed by atoms with Crippen molar-refractivity contribution in [2.24, 2.45) is 39.7 Å². The summed E-state index contributed by atoms with van der Waals surface area (Å²) in [6.07, 6.45) is 13.0. The van der Waals surface area contributed by atoms with Crippen LogP contribution in [0.2, 0.25) is 0 Å². The Hall–Kier alpha value is -2.38. The van der Waals surface area contributed by atoms with Gasteiger partial charge in [0.15, 0.2) is 6.61 Å². The van der Waals surface area contributed by atoms with E-state index in [1.54, 1.807) is 7.11 Å². The molecule has 1 amide bonds. The van der Waals surface area contributed by atoms with Gasteiger partial charge >= 0.3 is 0 Å². The first-order valence-corrected chi connectivity index (χ1v) is 17.7. The molecule has 0 radical (unpaired) electrons. The van der Waals surface area contributed by atoms with E-state index in [1.807, 2.05) is 0 Å². The van der Waals surface area contributed by atoms with Crippen molar-refractivity contribution in [3.05, 3.63) is 41.5 Å². The van der Waals surface area contributed by atoms with Gasteiger partial charge in [-0.15, -0.1) is 0 Å². The topological polar surface area (TPSA) is 83.4 Å². The number of hydrogen-bond donors (Lipinski definition) is 2. The molecule has 1 aliphatic heterocycles. The minimum absolute atomic E-state index is 0.0129. The molecule has 1 heterocycles. The Labute approximate surface area is 271 Å². The number of oxime groups is 1. The molecule has 1 aromatic rings. The van der Waals surface area contributed by atoms with Gasteiger partial charge in [0.25, 0.3) is 5.91 Å². The first-order valence-electron chi connectivity index (χ1n) is 17.7. The second-order valence-corrected chi connectivity index (χ2v) is 15.9. The maximum Gasteiger partial charge on any atom is 0.260 e. The fraction of sp³-hybridized carbons (Fsp3) is 0.737. The third-order valence-corrected chi connectivity index (χ3v) is 13.8. The third-order valence-electron chi connectivity index (χ3n) is 13.8. The molecule has 9 atom stereocenters. The molecule has 0 bridgehead atoms. The highest BCUT2D eigenvalue weighted by atomic mass is 16.6. The first-order chi connectivity index (χ1) is 21.5. The van der Waals surface area contributed by atoms with Gasteiger partial charge in [-0.25, -0.2) is 0 Å². The smallest absolute Gasteiger partial charge is 0.260 e. The first kappa shape index (κ1) is 32.6. The lowest BCUT2D eigenvalue weighted by Crippen LogP contribution is -2.52. The Morgan fingerprint density at radius 1 is 1.07 bits per heavy atom. The van der Waals surface area contributed by atoms with Crippen molar-refractivity contribution < 1.29 is 19.5 Å². The van der Waals surface area contributed by atoms with E-state index in [9.17, 15) is 9.90 Å². The van der Waals surface area contributed by atoms with Crippen LogP contribution in [0.3, 0.4) is 0 Å². The standard InChI is InChI=1S/C38H57N3O4/c1-25-23-41(5)26(2)22-38(25,27-7-10-30(44-6)11-8-27)19-20-39-35(43)24-45-40-29-15-17-36(3)28(21-29)9-12-31-32-13-14-34(42)37(32,4)18-16-33(31)36/h7-8,10-11,21,25-26,31-34,42H,9,12-20,22-24H2,1-6H3,(H,39,43)/b40-29-/t25-,26+,31-,32+,33+,34+,36+,37+,38-/m1/s1. The molecule has 1 aromatic carbocycles. The number of carbonyl (C=O) groups is 1. The number of nitrogens with one attached hydrogen (secondary N) is 1. The molecule has 0 aromatic heterocycles. The van der Waals surface area contributed by atoms with Crippen molar-refractivity contribution in [3.63, 3.8) is 0 Å². The van der Waals surface area contributed by atoms with Gasteiger partial charge in [0.05, 0.1) is 18.9 Å². The minimum Gasteiger partial charge on any atom is -0.497 e. The summed E-state index contributed by atoms with van der Waals surface area (Å²) in [7, 11) is 3.91. The van der Waals surface area contributed by atoms with Gasteiger partial charge in [0.1, 0.15) is 5.75 Å². The van der Waals surface area contributed by atoms with Gasteiger partial charge in [-0.2, -0.15) is 0 Å². The van der Waals surface area contributed by atoms with Crippen LogP contribution in [0.4, 0.5) is 0 Å². The maximum absolute atomic E-state index is 12.9. The van der Waals surface area contributed by atoms with E-state index in [4.69, 9.17) is 9.57 Å². The lowest BCUT2D eigenvalue weighted by atomic mass is 9.47. The highest BCUT2D eigenvalue weighted by Gasteiger charge is 2.58. The van der Waals surface area contributed by atoms with Crippen LogP contribution in [0.15, 0.2) is 41.1 Å². The monoisotopic (exact) mass is 619 g/mol.